The van der Waals surface area contributed by atoms with Gasteiger partial charge >= 0.3 is 0 Å². The summed E-state index contributed by atoms with van der Waals surface area (Å²) in [5, 5.41) is 6.56. The first-order chi connectivity index (χ1) is 11.3. The average Bonchev–Trinajstić information content (AvgIpc) is 3.19. The van der Waals surface area contributed by atoms with E-state index in [0.29, 0.717) is 0 Å². The maximum atomic E-state index is 5.73. The number of rotatable bonds is 9. The van der Waals surface area contributed by atoms with E-state index in [1.54, 1.807) is 0 Å². The van der Waals surface area contributed by atoms with Gasteiger partial charge in [-0.15, -0.1) is 0 Å². The molecule has 2 heterocycles. The second kappa shape index (κ2) is 10.7. The monoisotopic (exact) mass is 387 g/mol. The van der Waals surface area contributed by atoms with Crippen LogP contribution in [-0.4, -0.2) is 51.5 Å². The number of aliphatic imine (C=N–C) groups is 1. The fourth-order valence-corrected chi connectivity index (χ4v) is 2.62. The van der Waals surface area contributed by atoms with Gasteiger partial charge in [0.15, 0.2) is 10.6 Å². The number of halogens is 1. The number of ether oxygens (including phenoxy) is 2. The number of nitrogens with one attached hydrogen (secondary N) is 2. The van der Waals surface area contributed by atoms with Crippen LogP contribution >= 0.6 is 15.9 Å². The zero-order valence-corrected chi connectivity index (χ0v) is 15.2. The fraction of sp³-hybridized carbons (Fsp3) is 0.688. The lowest BCUT2D eigenvalue weighted by Gasteiger charge is -2.11. The number of hydrogen-bond donors (Lipinski definition) is 2. The highest BCUT2D eigenvalue weighted by Gasteiger charge is 2.15. The van der Waals surface area contributed by atoms with Crippen molar-refractivity contribution in [3.05, 3.63) is 22.6 Å². The molecule has 6 nitrogen and oxygen atoms in total. The maximum Gasteiger partial charge on any atom is 0.191 e. The Hall–Kier alpha value is -1.05. The van der Waals surface area contributed by atoms with Gasteiger partial charge in [-0.1, -0.05) is 0 Å². The van der Waals surface area contributed by atoms with E-state index >= 15 is 0 Å². The Morgan fingerprint density at radius 3 is 3.04 bits per heavy atom. The molecule has 1 aliphatic heterocycles. The van der Waals surface area contributed by atoms with Crippen LogP contribution in [0.15, 0.2) is 26.2 Å². The Kier molecular flexibility index (Phi) is 8.49. The topological polar surface area (TPSA) is 68.0 Å². The second-order valence-electron chi connectivity index (χ2n) is 5.35. The molecule has 130 valence electrons. The minimum atomic E-state index is 0.276. The number of furan rings is 1. The molecule has 0 aromatic carbocycles. The first kappa shape index (κ1) is 18.3. The summed E-state index contributed by atoms with van der Waals surface area (Å²) in [7, 11) is 0. The molecule has 1 aromatic rings. The Balaban J connectivity index is 1.60. The van der Waals surface area contributed by atoms with Gasteiger partial charge in [0.1, 0.15) is 5.76 Å². The summed E-state index contributed by atoms with van der Waals surface area (Å²) < 4.78 is 17.3. The van der Waals surface area contributed by atoms with Gasteiger partial charge in [-0.2, -0.15) is 0 Å². The lowest BCUT2D eigenvalue weighted by atomic mass is 10.3. The minimum absolute atomic E-state index is 0.276. The van der Waals surface area contributed by atoms with Crippen molar-refractivity contribution >= 4 is 21.9 Å². The molecule has 0 radical (unpaired) electrons. The van der Waals surface area contributed by atoms with Crippen molar-refractivity contribution in [2.45, 2.75) is 32.3 Å². The van der Waals surface area contributed by atoms with Crippen molar-refractivity contribution in [1.29, 1.82) is 0 Å². The van der Waals surface area contributed by atoms with Crippen LogP contribution in [0.5, 0.6) is 0 Å². The van der Waals surface area contributed by atoms with E-state index in [1.165, 1.54) is 0 Å². The molecule has 0 bridgehead atoms. The second-order valence-corrected chi connectivity index (χ2v) is 6.13. The molecular formula is C16H26BrN3O3. The summed E-state index contributed by atoms with van der Waals surface area (Å²) in [6.07, 6.45) is 3.02. The maximum absolute atomic E-state index is 5.73. The standard InChI is InChI=1S/C16H26BrN3O3/c1-2-18-16(20-9-6-13-4-5-15(17)23-13)19-8-3-10-22-14-7-11-21-12-14/h4-5,14H,2-3,6-12H2,1H3,(H2,18,19,20). The quantitative estimate of drug-likeness (QED) is 0.386. The summed E-state index contributed by atoms with van der Waals surface area (Å²) in [4.78, 5) is 4.56. The van der Waals surface area contributed by atoms with Crippen LogP contribution in [0.3, 0.4) is 0 Å². The van der Waals surface area contributed by atoms with Crippen LogP contribution in [-0.2, 0) is 15.9 Å². The molecule has 1 unspecified atom stereocenters. The highest BCUT2D eigenvalue weighted by atomic mass is 79.9. The summed E-state index contributed by atoms with van der Waals surface area (Å²) in [6.45, 7) is 6.71. The van der Waals surface area contributed by atoms with E-state index in [4.69, 9.17) is 13.9 Å². The summed E-state index contributed by atoms with van der Waals surface area (Å²) >= 11 is 3.31. The van der Waals surface area contributed by atoms with Crippen LogP contribution in [0, 0.1) is 0 Å². The Bertz CT molecular complexity index is 473. The van der Waals surface area contributed by atoms with Crippen molar-refractivity contribution in [2.24, 2.45) is 4.99 Å². The molecule has 2 rings (SSSR count). The molecule has 2 N–H and O–H groups in total. The first-order valence-electron chi connectivity index (χ1n) is 8.23. The molecule has 0 saturated carbocycles. The molecular weight excluding hydrogens is 362 g/mol. The van der Waals surface area contributed by atoms with E-state index in [9.17, 15) is 0 Å². The van der Waals surface area contributed by atoms with E-state index in [1.807, 2.05) is 12.1 Å². The van der Waals surface area contributed by atoms with Crippen LogP contribution in [0.1, 0.15) is 25.5 Å². The van der Waals surface area contributed by atoms with E-state index in [2.05, 4.69) is 38.5 Å². The molecule has 1 fully saturated rings. The van der Waals surface area contributed by atoms with Crippen LogP contribution in [0.4, 0.5) is 0 Å². The van der Waals surface area contributed by atoms with E-state index < -0.39 is 0 Å². The van der Waals surface area contributed by atoms with Crippen molar-refractivity contribution < 1.29 is 13.9 Å². The zero-order chi connectivity index (χ0) is 16.3. The lowest BCUT2D eigenvalue weighted by molar-refractivity contribution is 0.0424. The van der Waals surface area contributed by atoms with Crippen molar-refractivity contribution in [2.75, 3.05) is 39.5 Å². The SMILES string of the molecule is CCNC(=NCCCOC1CCOC1)NCCc1ccc(Br)o1. The highest BCUT2D eigenvalue weighted by molar-refractivity contribution is 9.10. The number of guanidine groups is 1. The van der Waals surface area contributed by atoms with E-state index in [0.717, 1.165) is 75.1 Å². The van der Waals surface area contributed by atoms with Crippen LogP contribution < -0.4 is 10.6 Å². The van der Waals surface area contributed by atoms with Crippen molar-refractivity contribution in [1.82, 2.24) is 10.6 Å². The van der Waals surface area contributed by atoms with Gasteiger partial charge in [-0.3, -0.25) is 4.99 Å². The average molecular weight is 388 g/mol. The van der Waals surface area contributed by atoms with Crippen molar-refractivity contribution in [3.8, 4) is 0 Å². The van der Waals surface area contributed by atoms with Crippen molar-refractivity contribution in [3.63, 3.8) is 0 Å². The van der Waals surface area contributed by atoms with Crippen LogP contribution in [0.2, 0.25) is 0 Å². The third-order valence-electron chi connectivity index (χ3n) is 3.45. The molecule has 23 heavy (non-hydrogen) atoms. The third-order valence-corrected chi connectivity index (χ3v) is 3.88. The molecule has 1 aliphatic rings. The molecule has 7 heteroatoms. The normalized spacial score (nSPS) is 18.3. The Morgan fingerprint density at radius 1 is 1.43 bits per heavy atom. The minimum Gasteiger partial charge on any atom is -0.454 e. The van der Waals surface area contributed by atoms with Crippen LogP contribution in [0.25, 0.3) is 0 Å². The van der Waals surface area contributed by atoms with Gasteiger partial charge in [-0.05, 0) is 47.8 Å². The van der Waals surface area contributed by atoms with Gasteiger partial charge in [0.2, 0.25) is 0 Å². The summed E-state index contributed by atoms with van der Waals surface area (Å²) in [5.74, 6) is 1.79. The predicted octanol–water partition coefficient (Wildman–Crippen LogP) is 2.34. The Labute approximate surface area is 146 Å². The van der Waals surface area contributed by atoms with Gasteiger partial charge in [0.25, 0.3) is 0 Å². The molecule has 1 saturated heterocycles. The largest absolute Gasteiger partial charge is 0.454 e. The van der Waals surface area contributed by atoms with Gasteiger partial charge in [0.05, 0.1) is 12.7 Å². The molecule has 1 aromatic heterocycles. The Morgan fingerprint density at radius 2 is 2.35 bits per heavy atom. The van der Waals surface area contributed by atoms with Gasteiger partial charge < -0.3 is 24.5 Å². The van der Waals surface area contributed by atoms with Gasteiger partial charge in [-0.25, -0.2) is 0 Å². The smallest absolute Gasteiger partial charge is 0.191 e. The highest BCUT2D eigenvalue weighted by Crippen LogP contribution is 2.13. The van der Waals surface area contributed by atoms with Gasteiger partial charge in [0, 0.05) is 39.3 Å². The lowest BCUT2D eigenvalue weighted by Crippen LogP contribution is -2.38. The first-order valence-corrected chi connectivity index (χ1v) is 9.03. The molecule has 0 amide bonds. The number of nitrogens with zero attached hydrogens (tertiary/aromatic N) is 1. The fourth-order valence-electron chi connectivity index (χ4n) is 2.28. The number of hydrogen-bond acceptors (Lipinski definition) is 4. The summed E-state index contributed by atoms with van der Waals surface area (Å²) in [6, 6.07) is 3.88. The summed E-state index contributed by atoms with van der Waals surface area (Å²) in [5.41, 5.74) is 0. The molecule has 1 atom stereocenters. The molecule has 0 spiro atoms. The molecule has 0 aliphatic carbocycles. The zero-order valence-electron chi connectivity index (χ0n) is 13.6. The van der Waals surface area contributed by atoms with E-state index in [-0.39, 0.29) is 6.10 Å². The predicted molar refractivity (Wildman–Crippen MR) is 93.9 cm³/mol. The third kappa shape index (κ3) is 7.37.